The summed E-state index contributed by atoms with van der Waals surface area (Å²) in [6.07, 6.45) is 3.29. The fourth-order valence-electron chi connectivity index (χ4n) is 1.63. The third-order valence-corrected chi connectivity index (χ3v) is 2.51. The summed E-state index contributed by atoms with van der Waals surface area (Å²) in [6, 6.07) is 5.79. The number of hydrogen-bond acceptors (Lipinski definition) is 3. The van der Waals surface area contributed by atoms with Gasteiger partial charge in [-0.2, -0.15) is 0 Å². The van der Waals surface area contributed by atoms with Gasteiger partial charge in [0.05, 0.1) is 5.69 Å². The van der Waals surface area contributed by atoms with E-state index < -0.39 is 0 Å². The molecule has 0 radical (unpaired) electrons. The molecule has 1 aromatic rings. The lowest BCUT2D eigenvalue weighted by Gasteiger charge is -2.21. The molecule has 3 heteroatoms. The average Bonchev–Trinajstić information content (AvgIpc) is 2.19. The number of hydrogen-bond donors (Lipinski definition) is 1. The number of anilines is 1. The third-order valence-electron chi connectivity index (χ3n) is 2.51. The normalized spacial score (nSPS) is 17.9. The van der Waals surface area contributed by atoms with Crippen LogP contribution in [0.3, 0.4) is 0 Å². The van der Waals surface area contributed by atoms with E-state index >= 15 is 0 Å². The van der Waals surface area contributed by atoms with Gasteiger partial charge in [0.2, 0.25) is 0 Å². The summed E-state index contributed by atoms with van der Waals surface area (Å²) in [7, 11) is 2.13. The van der Waals surface area contributed by atoms with Crippen molar-refractivity contribution in [3.8, 4) is 0 Å². The van der Waals surface area contributed by atoms with Crippen molar-refractivity contribution in [2.24, 2.45) is 0 Å². The van der Waals surface area contributed by atoms with E-state index in [-0.39, 0.29) is 0 Å². The molecular formula is C11H15N3. The molecule has 0 fully saturated rings. The summed E-state index contributed by atoms with van der Waals surface area (Å²) >= 11 is 0. The number of nitrogens with zero attached hydrogens (tertiary/aromatic N) is 2. The van der Waals surface area contributed by atoms with Gasteiger partial charge in [-0.1, -0.05) is 12.1 Å². The van der Waals surface area contributed by atoms with E-state index in [1.807, 2.05) is 18.2 Å². The second-order valence-electron chi connectivity index (χ2n) is 3.69. The Hall–Kier alpha value is -1.35. The Labute approximate surface area is 84.2 Å². The Morgan fingerprint density at radius 3 is 2.93 bits per heavy atom. The highest BCUT2D eigenvalue weighted by molar-refractivity contribution is 5.64. The second-order valence-corrected chi connectivity index (χ2v) is 3.69. The van der Waals surface area contributed by atoms with E-state index in [4.69, 9.17) is 5.73 Å². The molecule has 74 valence electrons. The molecular weight excluding hydrogens is 174 g/mol. The Morgan fingerprint density at radius 1 is 1.43 bits per heavy atom. The first-order valence-corrected chi connectivity index (χ1v) is 4.86. The van der Waals surface area contributed by atoms with Gasteiger partial charge in [0.25, 0.3) is 0 Å². The minimum Gasteiger partial charge on any atom is -0.384 e. The monoisotopic (exact) mass is 189 g/mol. The minimum absolute atomic E-state index is 0.599. The van der Waals surface area contributed by atoms with Crippen LogP contribution in [0, 0.1) is 0 Å². The summed E-state index contributed by atoms with van der Waals surface area (Å²) in [4.78, 5) is 6.60. The van der Waals surface area contributed by atoms with Crippen molar-refractivity contribution in [1.82, 2.24) is 9.88 Å². The average molecular weight is 189 g/mol. The molecule has 0 aromatic carbocycles. The molecule has 1 aliphatic rings. The standard InChI is InChI=1S/C11H15N3/c1-14-7-5-9(6-8-14)10-3-2-4-11(12)13-10/h2-5H,6-8H2,1H3,(H2,12,13). The molecule has 2 heterocycles. The van der Waals surface area contributed by atoms with E-state index in [2.05, 4.69) is 23.0 Å². The molecule has 0 amide bonds. The summed E-state index contributed by atoms with van der Waals surface area (Å²) in [6.45, 7) is 2.11. The van der Waals surface area contributed by atoms with Crippen LogP contribution >= 0.6 is 0 Å². The topological polar surface area (TPSA) is 42.1 Å². The van der Waals surface area contributed by atoms with Gasteiger partial charge in [0.15, 0.2) is 0 Å². The van der Waals surface area contributed by atoms with Gasteiger partial charge in [0.1, 0.15) is 5.82 Å². The van der Waals surface area contributed by atoms with Gasteiger partial charge >= 0.3 is 0 Å². The Balaban J connectivity index is 2.23. The zero-order chi connectivity index (χ0) is 9.97. The maximum atomic E-state index is 5.64. The molecule has 2 N–H and O–H groups in total. The molecule has 0 unspecified atom stereocenters. The number of likely N-dealkylation sites (N-methyl/N-ethyl adjacent to an activating group) is 1. The highest BCUT2D eigenvalue weighted by atomic mass is 15.1. The highest BCUT2D eigenvalue weighted by Crippen LogP contribution is 2.20. The van der Waals surface area contributed by atoms with Crippen molar-refractivity contribution in [2.45, 2.75) is 6.42 Å². The van der Waals surface area contributed by atoms with Crippen LogP contribution in [-0.2, 0) is 0 Å². The predicted molar refractivity (Wildman–Crippen MR) is 58.7 cm³/mol. The molecule has 1 aliphatic heterocycles. The summed E-state index contributed by atoms with van der Waals surface area (Å²) in [5, 5.41) is 0. The van der Waals surface area contributed by atoms with Gasteiger partial charge in [-0.3, -0.25) is 0 Å². The van der Waals surface area contributed by atoms with Gasteiger partial charge in [-0.25, -0.2) is 4.98 Å². The van der Waals surface area contributed by atoms with Crippen molar-refractivity contribution in [1.29, 1.82) is 0 Å². The fourth-order valence-corrected chi connectivity index (χ4v) is 1.63. The molecule has 0 bridgehead atoms. The number of pyridine rings is 1. The maximum absolute atomic E-state index is 5.64. The van der Waals surface area contributed by atoms with E-state index in [9.17, 15) is 0 Å². The van der Waals surface area contributed by atoms with Crippen LogP contribution in [-0.4, -0.2) is 30.0 Å². The summed E-state index contributed by atoms with van der Waals surface area (Å²) < 4.78 is 0. The fraction of sp³-hybridized carbons (Fsp3) is 0.364. The van der Waals surface area contributed by atoms with Crippen LogP contribution in [0.25, 0.3) is 5.57 Å². The largest absolute Gasteiger partial charge is 0.384 e. The van der Waals surface area contributed by atoms with E-state index in [1.54, 1.807) is 0 Å². The van der Waals surface area contributed by atoms with Crippen LogP contribution < -0.4 is 5.73 Å². The van der Waals surface area contributed by atoms with E-state index in [1.165, 1.54) is 5.57 Å². The number of nitrogens with two attached hydrogens (primary N) is 1. The second kappa shape index (κ2) is 3.80. The first kappa shape index (κ1) is 9.21. The van der Waals surface area contributed by atoms with Crippen LogP contribution in [0.4, 0.5) is 5.82 Å². The molecule has 0 atom stereocenters. The maximum Gasteiger partial charge on any atom is 0.124 e. The van der Waals surface area contributed by atoms with Crippen LogP contribution in [0.1, 0.15) is 12.1 Å². The lowest BCUT2D eigenvalue weighted by molar-refractivity contribution is 0.370. The highest BCUT2D eigenvalue weighted by Gasteiger charge is 2.10. The first-order chi connectivity index (χ1) is 6.75. The van der Waals surface area contributed by atoms with Crippen molar-refractivity contribution in [3.05, 3.63) is 30.0 Å². The molecule has 0 saturated heterocycles. The lowest BCUT2D eigenvalue weighted by Crippen LogP contribution is -2.23. The Bertz CT molecular complexity index is 357. The number of aromatic nitrogens is 1. The van der Waals surface area contributed by atoms with Gasteiger partial charge in [-0.05, 0) is 31.2 Å². The van der Waals surface area contributed by atoms with E-state index in [0.29, 0.717) is 5.82 Å². The summed E-state index contributed by atoms with van der Waals surface area (Å²) in [5.74, 6) is 0.599. The van der Waals surface area contributed by atoms with Crippen molar-refractivity contribution >= 4 is 11.4 Å². The van der Waals surface area contributed by atoms with Gasteiger partial charge < -0.3 is 10.6 Å². The van der Waals surface area contributed by atoms with Crippen molar-refractivity contribution in [3.63, 3.8) is 0 Å². The number of rotatable bonds is 1. The molecule has 3 nitrogen and oxygen atoms in total. The smallest absolute Gasteiger partial charge is 0.124 e. The van der Waals surface area contributed by atoms with Crippen LogP contribution in [0.15, 0.2) is 24.3 Å². The molecule has 0 saturated carbocycles. The van der Waals surface area contributed by atoms with Crippen molar-refractivity contribution in [2.75, 3.05) is 25.9 Å². The van der Waals surface area contributed by atoms with E-state index in [0.717, 1.165) is 25.2 Å². The molecule has 0 aliphatic carbocycles. The molecule has 1 aromatic heterocycles. The lowest BCUT2D eigenvalue weighted by atomic mass is 10.0. The Morgan fingerprint density at radius 2 is 2.29 bits per heavy atom. The predicted octanol–water partition coefficient (Wildman–Crippen LogP) is 1.38. The van der Waals surface area contributed by atoms with Crippen molar-refractivity contribution < 1.29 is 0 Å². The van der Waals surface area contributed by atoms with Crippen LogP contribution in [0.2, 0.25) is 0 Å². The quantitative estimate of drug-likeness (QED) is 0.725. The van der Waals surface area contributed by atoms with Gasteiger partial charge in [-0.15, -0.1) is 0 Å². The number of nitrogen functional groups attached to an aromatic ring is 1. The third kappa shape index (κ3) is 1.93. The molecule has 14 heavy (non-hydrogen) atoms. The summed E-state index contributed by atoms with van der Waals surface area (Å²) in [5.41, 5.74) is 7.99. The SMILES string of the molecule is CN1CC=C(c2cccc(N)n2)CC1. The zero-order valence-corrected chi connectivity index (χ0v) is 8.40. The molecule has 2 rings (SSSR count). The zero-order valence-electron chi connectivity index (χ0n) is 8.40. The van der Waals surface area contributed by atoms with Crippen LogP contribution in [0.5, 0.6) is 0 Å². The Kier molecular flexibility index (Phi) is 2.50. The van der Waals surface area contributed by atoms with Gasteiger partial charge in [0, 0.05) is 13.1 Å². The first-order valence-electron chi connectivity index (χ1n) is 4.86. The molecule has 0 spiro atoms. The minimum atomic E-state index is 0.599.